The Hall–Kier alpha value is -3.19. The Morgan fingerprint density at radius 2 is 1.33 bits per heavy atom. The summed E-state index contributed by atoms with van der Waals surface area (Å²) in [7, 11) is 0. The number of hydrogen-bond donors (Lipinski definition) is 3. The van der Waals surface area contributed by atoms with Crippen molar-refractivity contribution in [3.63, 3.8) is 0 Å². The van der Waals surface area contributed by atoms with E-state index in [0.717, 1.165) is 19.8 Å². The van der Waals surface area contributed by atoms with E-state index in [1.165, 1.54) is 57.4 Å². The molecule has 1 spiro atoms. The standard InChI is InChI=1S/C18H27N3O.3C2HF3O2/c1-2-16(12-19-7-1)13-20-8-4-18(15-20)5-9-21(10-6-18)17-3-11-22-14-17;3*3-2(4,5)1(6)7/h1-2,7,12,17H,3-6,8-11,13-15H2;3*(H,6,7). The molecule has 3 fully saturated rings. The molecule has 3 saturated heterocycles. The van der Waals surface area contributed by atoms with Crippen LogP contribution in [0.4, 0.5) is 39.5 Å². The van der Waals surface area contributed by atoms with Crippen molar-refractivity contribution in [1.82, 2.24) is 14.8 Å². The van der Waals surface area contributed by atoms with E-state index in [0.29, 0.717) is 11.5 Å². The molecule has 1 atom stereocenters. The third-order valence-electron chi connectivity index (χ3n) is 6.65. The molecule has 43 heavy (non-hydrogen) atoms. The molecule has 3 aliphatic rings. The number of carboxylic acid groups (broad SMARTS) is 3. The molecule has 0 amide bonds. The van der Waals surface area contributed by atoms with Crippen LogP contribution < -0.4 is 0 Å². The highest BCUT2D eigenvalue weighted by molar-refractivity contribution is 5.73. The molecule has 10 nitrogen and oxygen atoms in total. The number of carboxylic acids is 3. The molecule has 3 aliphatic heterocycles. The van der Waals surface area contributed by atoms with Crippen LogP contribution in [-0.2, 0) is 25.7 Å². The topological polar surface area (TPSA) is 140 Å². The Kier molecular flexibility index (Phi) is 14.1. The molecule has 1 aromatic rings. The average Bonchev–Trinajstić information content (AvgIpc) is 3.56. The van der Waals surface area contributed by atoms with Gasteiger partial charge in [-0.15, -0.1) is 0 Å². The van der Waals surface area contributed by atoms with Gasteiger partial charge in [0.25, 0.3) is 0 Å². The monoisotopic (exact) mass is 643 g/mol. The Morgan fingerprint density at radius 3 is 1.70 bits per heavy atom. The first-order valence-corrected chi connectivity index (χ1v) is 12.5. The number of aromatic nitrogens is 1. The normalized spacial score (nSPS) is 20.5. The predicted octanol–water partition coefficient (Wildman–Crippen LogP) is 4.06. The number of aliphatic carboxylic acids is 3. The number of rotatable bonds is 3. The van der Waals surface area contributed by atoms with E-state index >= 15 is 0 Å². The molecule has 19 heteroatoms. The van der Waals surface area contributed by atoms with Gasteiger partial charge in [0, 0.05) is 38.1 Å². The van der Waals surface area contributed by atoms with Gasteiger partial charge >= 0.3 is 36.4 Å². The van der Waals surface area contributed by atoms with Gasteiger partial charge in [-0.2, -0.15) is 39.5 Å². The first-order valence-electron chi connectivity index (χ1n) is 12.5. The zero-order valence-electron chi connectivity index (χ0n) is 22.4. The van der Waals surface area contributed by atoms with Crippen LogP contribution in [-0.4, -0.2) is 112 Å². The fourth-order valence-electron chi connectivity index (χ4n) is 4.49. The maximum atomic E-state index is 10.6. The summed E-state index contributed by atoms with van der Waals surface area (Å²) < 4.78 is 101. The van der Waals surface area contributed by atoms with E-state index < -0.39 is 36.4 Å². The molecule has 0 saturated carbocycles. The molecule has 4 rings (SSSR count). The summed E-state index contributed by atoms with van der Waals surface area (Å²) in [6.07, 6.45) is -6.03. The summed E-state index contributed by atoms with van der Waals surface area (Å²) in [6, 6.07) is 4.94. The minimum atomic E-state index is -5.08. The second-order valence-corrected chi connectivity index (χ2v) is 9.78. The fraction of sp³-hybridized carbons (Fsp3) is 0.667. The van der Waals surface area contributed by atoms with Crippen LogP contribution in [0.2, 0.25) is 0 Å². The number of piperidine rings is 1. The van der Waals surface area contributed by atoms with Gasteiger partial charge in [-0.3, -0.25) is 14.8 Å². The summed E-state index contributed by atoms with van der Waals surface area (Å²) in [5.74, 6) is -8.27. The molecule has 0 radical (unpaired) electrons. The molecular formula is C24H30F9N3O7. The van der Waals surface area contributed by atoms with Gasteiger partial charge < -0.3 is 20.1 Å². The summed E-state index contributed by atoms with van der Waals surface area (Å²) in [5, 5.41) is 21.4. The van der Waals surface area contributed by atoms with Crippen molar-refractivity contribution in [2.24, 2.45) is 5.41 Å². The Labute approximate surface area is 239 Å². The van der Waals surface area contributed by atoms with Crippen molar-refractivity contribution in [3.05, 3.63) is 30.1 Å². The van der Waals surface area contributed by atoms with Gasteiger partial charge in [-0.1, -0.05) is 6.07 Å². The van der Waals surface area contributed by atoms with Crippen molar-refractivity contribution in [2.45, 2.75) is 56.8 Å². The van der Waals surface area contributed by atoms with Crippen molar-refractivity contribution in [3.8, 4) is 0 Å². The second-order valence-electron chi connectivity index (χ2n) is 9.78. The van der Waals surface area contributed by atoms with Gasteiger partial charge in [0.15, 0.2) is 0 Å². The van der Waals surface area contributed by atoms with Crippen molar-refractivity contribution in [1.29, 1.82) is 0 Å². The quantitative estimate of drug-likeness (QED) is 0.413. The number of hydrogen-bond acceptors (Lipinski definition) is 7. The minimum absolute atomic E-state index is 0.582. The maximum absolute atomic E-state index is 10.6. The van der Waals surface area contributed by atoms with Crippen LogP contribution in [0, 0.1) is 5.41 Å². The number of carbonyl (C=O) groups is 3. The lowest BCUT2D eigenvalue weighted by Crippen LogP contribution is -2.46. The van der Waals surface area contributed by atoms with Crippen LogP contribution in [0.5, 0.6) is 0 Å². The molecule has 1 aromatic heterocycles. The molecule has 0 bridgehead atoms. The zero-order valence-corrected chi connectivity index (χ0v) is 22.4. The van der Waals surface area contributed by atoms with Crippen LogP contribution in [0.3, 0.4) is 0 Å². The third-order valence-corrected chi connectivity index (χ3v) is 6.65. The average molecular weight is 643 g/mol. The third kappa shape index (κ3) is 14.2. The first kappa shape index (κ1) is 37.8. The lowest BCUT2D eigenvalue weighted by molar-refractivity contribution is -0.193. The predicted molar refractivity (Wildman–Crippen MR) is 128 cm³/mol. The van der Waals surface area contributed by atoms with Crippen LogP contribution in [0.15, 0.2) is 24.5 Å². The Morgan fingerprint density at radius 1 is 0.860 bits per heavy atom. The zero-order chi connectivity index (χ0) is 33.1. The Bertz CT molecular complexity index is 967. The highest BCUT2D eigenvalue weighted by Gasteiger charge is 2.42. The van der Waals surface area contributed by atoms with Crippen molar-refractivity contribution in [2.75, 3.05) is 39.4 Å². The molecular weight excluding hydrogens is 613 g/mol. The van der Waals surface area contributed by atoms with E-state index in [4.69, 9.17) is 34.4 Å². The molecule has 4 heterocycles. The number of alkyl halides is 9. The lowest BCUT2D eigenvalue weighted by Gasteiger charge is -2.41. The smallest absolute Gasteiger partial charge is 0.475 e. The van der Waals surface area contributed by atoms with Crippen molar-refractivity contribution < 1.29 is 74.0 Å². The lowest BCUT2D eigenvalue weighted by atomic mass is 9.77. The summed E-state index contributed by atoms with van der Waals surface area (Å²) in [6.45, 7) is 8.06. The van der Waals surface area contributed by atoms with Crippen molar-refractivity contribution >= 4 is 17.9 Å². The van der Waals surface area contributed by atoms with Crippen LogP contribution in [0.1, 0.15) is 31.2 Å². The molecule has 3 N–H and O–H groups in total. The highest BCUT2D eigenvalue weighted by Crippen LogP contribution is 2.41. The minimum Gasteiger partial charge on any atom is -0.475 e. The largest absolute Gasteiger partial charge is 0.490 e. The fourth-order valence-corrected chi connectivity index (χ4v) is 4.49. The van der Waals surface area contributed by atoms with E-state index in [1.54, 1.807) is 0 Å². The van der Waals surface area contributed by atoms with Crippen LogP contribution in [0.25, 0.3) is 0 Å². The molecule has 0 aliphatic carbocycles. The van der Waals surface area contributed by atoms with Gasteiger partial charge in [0.2, 0.25) is 0 Å². The number of pyridine rings is 1. The van der Waals surface area contributed by atoms with E-state index in [1.807, 2.05) is 18.5 Å². The van der Waals surface area contributed by atoms with E-state index in [-0.39, 0.29) is 0 Å². The number of likely N-dealkylation sites (tertiary alicyclic amines) is 2. The number of halogens is 9. The summed E-state index contributed by atoms with van der Waals surface area (Å²) >= 11 is 0. The SMILES string of the molecule is O=C(O)C(F)(F)F.O=C(O)C(F)(F)F.O=C(O)C(F)(F)F.c1cncc(CN2CCC3(CCN(C4CCOC4)CC3)C2)c1. The molecule has 0 aromatic carbocycles. The second kappa shape index (κ2) is 16.0. The molecule has 246 valence electrons. The van der Waals surface area contributed by atoms with E-state index in [2.05, 4.69) is 20.9 Å². The molecule has 1 unspecified atom stereocenters. The van der Waals surface area contributed by atoms with E-state index in [9.17, 15) is 39.5 Å². The first-order chi connectivity index (χ1) is 19.7. The van der Waals surface area contributed by atoms with Gasteiger partial charge in [-0.05, 0) is 62.4 Å². The highest BCUT2D eigenvalue weighted by atomic mass is 19.4. The summed E-state index contributed by atoms with van der Waals surface area (Å²) in [4.78, 5) is 36.2. The maximum Gasteiger partial charge on any atom is 0.490 e. The number of ether oxygens (including phenoxy) is 1. The summed E-state index contributed by atoms with van der Waals surface area (Å²) in [5.41, 5.74) is 1.93. The van der Waals surface area contributed by atoms with Gasteiger partial charge in [0.1, 0.15) is 0 Å². The van der Waals surface area contributed by atoms with Crippen LogP contribution >= 0.6 is 0 Å². The van der Waals surface area contributed by atoms with Gasteiger partial charge in [-0.25, -0.2) is 14.4 Å². The number of nitrogens with zero attached hydrogens (tertiary/aromatic N) is 3. The Balaban J connectivity index is 0.000000363. The van der Waals surface area contributed by atoms with Gasteiger partial charge in [0.05, 0.1) is 6.61 Å².